The number of nitriles is 1. The zero-order valence-electron chi connectivity index (χ0n) is 12.3. The predicted octanol–water partition coefficient (Wildman–Crippen LogP) is 2.42. The first-order valence-corrected chi connectivity index (χ1v) is 6.99. The summed E-state index contributed by atoms with van der Waals surface area (Å²) >= 11 is 0. The normalized spacial score (nSPS) is 12.1. The summed E-state index contributed by atoms with van der Waals surface area (Å²) in [6.07, 6.45) is 0. The van der Waals surface area contributed by atoms with Gasteiger partial charge in [0.25, 0.3) is 5.56 Å². The molecular formula is C17H13FN4O. The zero-order chi connectivity index (χ0) is 16.6. The molecule has 0 amide bonds. The summed E-state index contributed by atoms with van der Waals surface area (Å²) in [4.78, 5) is 17.2. The molecule has 2 N–H and O–H groups in total. The van der Waals surface area contributed by atoms with Gasteiger partial charge in [-0.3, -0.25) is 9.36 Å². The summed E-state index contributed by atoms with van der Waals surface area (Å²) in [5.74, 6) is -0.161. The van der Waals surface area contributed by atoms with Crippen molar-refractivity contribution in [2.24, 2.45) is 5.73 Å². The molecule has 6 heteroatoms. The number of hydrogen-bond donors (Lipinski definition) is 1. The van der Waals surface area contributed by atoms with Crippen LogP contribution in [0.2, 0.25) is 0 Å². The molecule has 0 aliphatic carbocycles. The Labute approximate surface area is 131 Å². The van der Waals surface area contributed by atoms with Gasteiger partial charge in [0, 0.05) is 0 Å². The van der Waals surface area contributed by atoms with Crippen molar-refractivity contribution in [3.8, 4) is 11.8 Å². The quantitative estimate of drug-likeness (QED) is 0.788. The third kappa shape index (κ3) is 2.58. The van der Waals surface area contributed by atoms with Crippen LogP contribution in [-0.4, -0.2) is 9.55 Å². The van der Waals surface area contributed by atoms with Gasteiger partial charge in [0.1, 0.15) is 11.6 Å². The van der Waals surface area contributed by atoms with Gasteiger partial charge in [-0.25, -0.2) is 9.37 Å². The van der Waals surface area contributed by atoms with Gasteiger partial charge in [-0.2, -0.15) is 5.26 Å². The van der Waals surface area contributed by atoms with Crippen LogP contribution in [0.25, 0.3) is 16.6 Å². The Balaban J connectivity index is 2.42. The summed E-state index contributed by atoms with van der Waals surface area (Å²) in [5, 5.41) is 9.20. The molecule has 1 atom stereocenters. The van der Waals surface area contributed by atoms with Crippen molar-refractivity contribution in [1.82, 2.24) is 9.55 Å². The van der Waals surface area contributed by atoms with E-state index in [2.05, 4.69) is 4.98 Å². The monoisotopic (exact) mass is 308 g/mol. The van der Waals surface area contributed by atoms with Crippen LogP contribution in [0.15, 0.2) is 47.3 Å². The van der Waals surface area contributed by atoms with Gasteiger partial charge in [0.2, 0.25) is 0 Å². The van der Waals surface area contributed by atoms with E-state index in [1.807, 2.05) is 6.07 Å². The minimum absolute atomic E-state index is 0.164. The highest BCUT2D eigenvalue weighted by molar-refractivity contribution is 5.78. The Morgan fingerprint density at radius 3 is 2.78 bits per heavy atom. The van der Waals surface area contributed by atoms with E-state index in [0.717, 1.165) is 6.07 Å². The highest BCUT2D eigenvalue weighted by Crippen LogP contribution is 2.18. The maximum absolute atomic E-state index is 13.5. The number of rotatable bonds is 2. The maximum Gasteiger partial charge on any atom is 0.266 e. The van der Waals surface area contributed by atoms with Gasteiger partial charge in [-0.15, -0.1) is 0 Å². The minimum atomic E-state index is -0.512. The van der Waals surface area contributed by atoms with Crippen molar-refractivity contribution < 1.29 is 4.39 Å². The predicted molar refractivity (Wildman–Crippen MR) is 84.6 cm³/mol. The van der Waals surface area contributed by atoms with Gasteiger partial charge < -0.3 is 5.73 Å². The largest absolute Gasteiger partial charge is 0.322 e. The molecular weight excluding hydrogens is 295 g/mol. The van der Waals surface area contributed by atoms with Crippen molar-refractivity contribution in [2.45, 2.75) is 13.0 Å². The first-order valence-electron chi connectivity index (χ1n) is 6.99. The first kappa shape index (κ1) is 14.9. The third-order valence-corrected chi connectivity index (χ3v) is 3.50. The van der Waals surface area contributed by atoms with Crippen LogP contribution in [0, 0.1) is 17.1 Å². The van der Waals surface area contributed by atoms with E-state index in [1.165, 1.54) is 16.7 Å². The Bertz CT molecular complexity index is 1000. The fourth-order valence-electron chi connectivity index (χ4n) is 2.44. The van der Waals surface area contributed by atoms with Crippen LogP contribution in [-0.2, 0) is 0 Å². The van der Waals surface area contributed by atoms with Crippen molar-refractivity contribution >= 4 is 10.9 Å². The number of halogens is 1. The van der Waals surface area contributed by atoms with Crippen molar-refractivity contribution in [1.29, 1.82) is 5.26 Å². The smallest absolute Gasteiger partial charge is 0.266 e. The standard InChI is InChI=1S/C17H13FN4O/c1-10(20)16-21-15-6-5-12(18)8-14(15)17(23)22(16)13-4-2-3-11(7-13)9-19/h2-8,10H,20H2,1H3/t10-/m0/s1. The zero-order valence-corrected chi connectivity index (χ0v) is 12.3. The second kappa shape index (κ2) is 5.63. The molecule has 0 fully saturated rings. The number of nitrogens with zero attached hydrogens (tertiary/aromatic N) is 3. The first-order chi connectivity index (χ1) is 11.0. The van der Waals surface area contributed by atoms with Crippen LogP contribution < -0.4 is 11.3 Å². The molecule has 5 nitrogen and oxygen atoms in total. The molecule has 2 aromatic carbocycles. The van der Waals surface area contributed by atoms with Gasteiger partial charge in [-0.05, 0) is 43.3 Å². The van der Waals surface area contributed by atoms with E-state index < -0.39 is 17.4 Å². The van der Waals surface area contributed by atoms with Crippen LogP contribution in [0.1, 0.15) is 24.4 Å². The number of nitrogens with two attached hydrogens (primary N) is 1. The molecule has 0 radical (unpaired) electrons. The molecule has 0 bridgehead atoms. The minimum Gasteiger partial charge on any atom is -0.322 e. The van der Waals surface area contributed by atoms with E-state index in [9.17, 15) is 9.18 Å². The number of benzene rings is 2. The molecule has 0 aliphatic heterocycles. The molecule has 0 saturated carbocycles. The van der Waals surface area contributed by atoms with Gasteiger partial charge in [-0.1, -0.05) is 6.07 Å². The number of fused-ring (bicyclic) bond motifs is 1. The summed E-state index contributed by atoms with van der Waals surface area (Å²) < 4.78 is 14.8. The summed E-state index contributed by atoms with van der Waals surface area (Å²) in [7, 11) is 0. The van der Waals surface area contributed by atoms with Gasteiger partial charge in [0.05, 0.1) is 34.3 Å². The lowest BCUT2D eigenvalue weighted by atomic mass is 10.1. The molecule has 1 heterocycles. The highest BCUT2D eigenvalue weighted by atomic mass is 19.1. The summed E-state index contributed by atoms with van der Waals surface area (Å²) in [6.45, 7) is 1.71. The lowest BCUT2D eigenvalue weighted by Gasteiger charge is -2.16. The van der Waals surface area contributed by atoms with Gasteiger partial charge >= 0.3 is 0 Å². The summed E-state index contributed by atoms with van der Waals surface area (Å²) in [6, 6.07) is 11.9. The van der Waals surface area contributed by atoms with Crippen molar-refractivity contribution in [3.05, 3.63) is 70.0 Å². The Morgan fingerprint density at radius 1 is 1.30 bits per heavy atom. The molecule has 0 aliphatic rings. The Morgan fingerprint density at radius 2 is 2.09 bits per heavy atom. The Hall–Kier alpha value is -3.04. The van der Waals surface area contributed by atoms with E-state index >= 15 is 0 Å². The van der Waals surface area contributed by atoms with Crippen molar-refractivity contribution in [3.63, 3.8) is 0 Å². The van der Waals surface area contributed by atoms with Gasteiger partial charge in [0.15, 0.2) is 0 Å². The second-order valence-electron chi connectivity index (χ2n) is 5.22. The average Bonchev–Trinajstić information content (AvgIpc) is 2.55. The molecule has 3 rings (SSSR count). The van der Waals surface area contributed by atoms with Crippen LogP contribution in [0.5, 0.6) is 0 Å². The van der Waals surface area contributed by atoms with E-state index in [1.54, 1.807) is 31.2 Å². The van der Waals surface area contributed by atoms with E-state index in [-0.39, 0.29) is 5.39 Å². The second-order valence-corrected chi connectivity index (χ2v) is 5.22. The summed E-state index contributed by atoms with van der Waals surface area (Å²) in [5.41, 5.74) is 6.80. The van der Waals surface area contributed by atoms with Crippen molar-refractivity contribution in [2.75, 3.05) is 0 Å². The average molecular weight is 308 g/mol. The molecule has 0 saturated heterocycles. The van der Waals surface area contributed by atoms with Crippen LogP contribution >= 0.6 is 0 Å². The molecule has 1 aromatic heterocycles. The third-order valence-electron chi connectivity index (χ3n) is 3.50. The highest BCUT2D eigenvalue weighted by Gasteiger charge is 2.16. The SMILES string of the molecule is C[C@H](N)c1nc2ccc(F)cc2c(=O)n1-c1cccc(C#N)c1. The number of aromatic nitrogens is 2. The number of hydrogen-bond acceptors (Lipinski definition) is 4. The van der Waals surface area contributed by atoms with Crippen LogP contribution in [0.4, 0.5) is 4.39 Å². The fourth-order valence-corrected chi connectivity index (χ4v) is 2.44. The molecule has 23 heavy (non-hydrogen) atoms. The van der Waals surface area contributed by atoms with Crippen LogP contribution in [0.3, 0.4) is 0 Å². The topological polar surface area (TPSA) is 84.7 Å². The fraction of sp³-hybridized carbons (Fsp3) is 0.118. The Kier molecular flexibility index (Phi) is 3.64. The molecule has 3 aromatic rings. The maximum atomic E-state index is 13.5. The van der Waals surface area contributed by atoms with E-state index in [0.29, 0.717) is 22.6 Å². The molecule has 114 valence electrons. The van der Waals surface area contributed by atoms with E-state index in [4.69, 9.17) is 11.0 Å². The lowest BCUT2D eigenvalue weighted by molar-refractivity contribution is 0.628. The molecule has 0 spiro atoms. The molecule has 0 unspecified atom stereocenters. The lowest BCUT2D eigenvalue weighted by Crippen LogP contribution is -2.27.